The Morgan fingerprint density at radius 2 is 2.17 bits per heavy atom. The number of hydrogen-bond acceptors (Lipinski definition) is 5. The molecule has 0 heterocycles. The Hall–Kier alpha value is 0.0300. The average molecular weight is 235 g/mol. The lowest BCUT2D eigenvalue weighted by Gasteiger charge is -2.03. The number of hydrogen-bond donors (Lipinski definition) is 1. The predicted octanol–water partition coefficient (Wildman–Crippen LogP) is 0.451. The smallest absolute Gasteiger partial charge is 0.331 e. The van der Waals surface area contributed by atoms with Crippen molar-refractivity contribution < 1.29 is 9.53 Å². The van der Waals surface area contributed by atoms with Crippen molar-refractivity contribution in [2.45, 2.75) is 13.0 Å². The Balaban J connectivity index is -0.000000405. The third-order valence-corrected chi connectivity index (χ3v) is 1.18. The highest BCUT2D eigenvalue weighted by molar-refractivity contribution is 7.47. The van der Waals surface area contributed by atoms with Gasteiger partial charge in [-0.2, -0.15) is 0 Å². The van der Waals surface area contributed by atoms with Crippen LogP contribution in [0.4, 0.5) is 0 Å². The zero-order valence-electron chi connectivity index (χ0n) is 6.56. The molecule has 2 N–H and O–H groups in total. The number of carbonyl (C=O) groups is 1. The first-order chi connectivity index (χ1) is 4.72. The molecule has 0 aliphatic heterocycles. The monoisotopic (exact) mass is 234 g/mol. The summed E-state index contributed by atoms with van der Waals surface area (Å²) in [6, 6.07) is -0.554. The second-order valence-electron chi connectivity index (χ2n) is 1.74. The van der Waals surface area contributed by atoms with Gasteiger partial charge in [0.2, 0.25) is 0 Å². The average Bonchev–Trinajstić information content (AvgIpc) is 1.98. The van der Waals surface area contributed by atoms with E-state index in [2.05, 4.69) is 21.5 Å². The molecule has 0 aromatic carbocycles. The maximum atomic E-state index is 10.7. The van der Waals surface area contributed by atoms with Crippen molar-refractivity contribution in [3.63, 3.8) is 0 Å². The minimum Gasteiger partial charge on any atom is -0.463 e. The van der Waals surface area contributed by atoms with Gasteiger partial charge in [0.1, 0.15) is 6.61 Å². The molecule has 12 heavy (non-hydrogen) atoms. The molecule has 74 valence electrons. The van der Waals surface area contributed by atoms with E-state index >= 15 is 0 Å². The van der Waals surface area contributed by atoms with E-state index in [1.165, 1.54) is 0 Å². The second-order valence-corrected chi connectivity index (χ2v) is 1.95. The molecule has 0 fully saturated rings. The molecule has 0 aliphatic rings. The lowest BCUT2D eigenvalue weighted by Crippen LogP contribution is -2.21. The van der Waals surface area contributed by atoms with Gasteiger partial charge in [0.15, 0.2) is 6.04 Å². The topological polar surface area (TPSA) is 64.7 Å². The largest absolute Gasteiger partial charge is 0.463 e. The van der Waals surface area contributed by atoms with E-state index in [0.29, 0.717) is 6.54 Å². The minimum absolute atomic E-state index is 0. The zero-order chi connectivity index (χ0) is 7.98. The SMILES string of the molecule is C[C@H](N=S)C(=O)OCCN.Cl.Cl. The number of carbonyl (C=O) groups excluding carboxylic acids is 1. The fraction of sp³-hybridized carbons (Fsp3) is 0.800. The zero-order valence-corrected chi connectivity index (χ0v) is 9.01. The molecule has 0 aliphatic carbocycles. The van der Waals surface area contributed by atoms with Gasteiger partial charge in [-0.3, -0.25) is 0 Å². The van der Waals surface area contributed by atoms with Crippen LogP contribution >= 0.6 is 24.8 Å². The number of nitrogens with zero attached hydrogens (tertiary/aromatic N) is 1. The Morgan fingerprint density at radius 3 is 2.50 bits per heavy atom. The molecule has 0 rings (SSSR count). The van der Waals surface area contributed by atoms with Crippen molar-refractivity contribution in [2.24, 2.45) is 10.1 Å². The molecule has 1 atom stereocenters. The predicted molar refractivity (Wildman–Crippen MR) is 53.8 cm³/mol. The normalized spacial score (nSPS) is 10.2. The molecule has 0 unspecified atom stereocenters. The highest BCUT2D eigenvalue weighted by atomic mass is 35.5. The highest BCUT2D eigenvalue weighted by Gasteiger charge is 2.10. The van der Waals surface area contributed by atoms with Crippen LogP contribution in [0.25, 0.3) is 0 Å². The number of halogens is 2. The van der Waals surface area contributed by atoms with Crippen LogP contribution < -0.4 is 5.73 Å². The lowest BCUT2D eigenvalue weighted by atomic mass is 10.4. The van der Waals surface area contributed by atoms with Gasteiger partial charge >= 0.3 is 5.97 Å². The molecule has 0 aromatic rings. The molecule has 4 nitrogen and oxygen atoms in total. The maximum absolute atomic E-state index is 10.7. The van der Waals surface area contributed by atoms with E-state index in [1.54, 1.807) is 6.92 Å². The first kappa shape index (κ1) is 17.9. The van der Waals surface area contributed by atoms with Crippen molar-refractivity contribution in [1.82, 2.24) is 0 Å². The summed E-state index contributed by atoms with van der Waals surface area (Å²) in [7, 11) is 0. The Kier molecular flexibility index (Phi) is 16.5. The summed E-state index contributed by atoms with van der Waals surface area (Å²) >= 11 is 4.29. The standard InChI is InChI=1S/C5H10N2O2S.2ClH/c1-4(7-10)5(8)9-3-2-6;;/h4H,2-3,6H2,1H3;2*1H/t4-;;/m0../s1. The molecule has 0 spiro atoms. The first-order valence-corrected chi connectivity index (χ1v) is 3.28. The maximum Gasteiger partial charge on any atom is 0.331 e. The molecular weight excluding hydrogens is 223 g/mol. The first-order valence-electron chi connectivity index (χ1n) is 2.91. The van der Waals surface area contributed by atoms with E-state index in [9.17, 15) is 4.79 Å². The Bertz CT molecular complexity index is 137. The number of rotatable bonds is 4. The van der Waals surface area contributed by atoms with Crippen molar-refractivity contribution in [1.29, 1.82) is 0 Å². The van der Waals surface area contributed by atoms with Crippen molar-refractivity contribution >= 4 is 43.2 Å². The Morgan fingerprint density at radius 1 is 1.67 bits per heavy atom. The van der Waals surface area contributed by atoms with Gasteiger partial charge in [0, 0.05) is 19.0 Å². The van der Waals surface area contributed by atoms with Gasteiger partial charge in [0.25, 0.3) is 0 Å². The summed E-state index contributed by atoms with van der Waals surface area (Å²) in [6.45, 7) is 2.13. The van der Waals surface area contributed by atoms with E-state index in [0.717, 1.165) is 0 Å². The quantitative estimate of drug-likeness (QED) is 0.718. The van der Waals surface area contributed by atoms with Gasteiger partial charge in [-0.15, -0.1) is 24.8 Å². The summed E-state index contributed by atoms with van der Waals surface area (Å²) in [4.78, 5) is 10.7. The second kappa shape index (κ2) is 11.0. The van der Waals surface area contributed by atoms with Crippen molar-refractivity contribution in [3.05, 3.63) is 0 Å². The van der Waals surface area contributed by atoms with Gasteiger partial charge in [-0.05, 0) is 6.92 Å². The summed E-state index contributed by atoms with van der Waals surface area (Å²) < 4.78 is 7.93. The third kappa shape index (κ3) is 8.13. The van der Waals surface area contributed by atoms with Crippen LogP contribution in [0.15, 0.2) is 4.36 Å². The van der Waals surface area contributed by atoms with E-state index in [1.807, 2.05) is 0 Å². The summed E-state index contributed by atoms with van der Waals surface area (Å²) in [6.07, 6.45) is 0. The number of esters is 1. The van der Waals surface area contributed by atoms with Crippen LogP contribution in [0.5, 0.6) is 0 Å². The lowest BCUT2D eigenvalue weighted by molar-refractivity contribution is -0.144. The highest BCUT2D eigenvalue weighted by Crippen LogP contribution is 1.91. The molecule has 0 bridgehead atoms. The fourth-order valence-electron chi connectivity index (χ4n) is 0.323. The van der Waals surface area contributed by atoms with Crippen molar-refractivity contribution in [2.75, 3.05) is 13.2 Å². The van der Waals surface area contributed by atoms with Crippen LogP contribution in [-0.2, 0) is 22.0 Å². The molecule has 0 aromatic heterocycles. The molecule has 0 saturated heterocycles. The Labute approximate surface area is 89.2 Å². The van der Waals surface area contributed by atoms with Gasteiger partial charge in [-0.1, -0.05) is 0 Å². The molecule has 0 amide bonds. The molecule has 7 heteroatoms. The van der Waals surface area contributed by atoms with Crippen LogP contribution in [0, 0.1) is 0 Å². The molecular formula is C5H12Cl2N2O2S. The van der Waals surface area contributed by atoms with Gasteiger partial charge < -0.3 is 10.5 Å². The van der Waals surface area contributed by atoms with Crippen LogP contribution in [0.1, 0.15) is 6.92 Å². The number of ether oxygens (including phenoxy) is 1. The van der Waals surface area contributed by atoms with Crippen LogP contribution in [-0.4, -0.2) is 25.2 Å². The fourth-order valence-corrected chi connectivity index (χ4v) is 0.409. The van der Waals surface area contributed by atoms with Crippen LogP contribution in [0.2, 0.25) is 0 Å². The van der Waals surface area contributed by atoms with Crippen LogP contribution in [0.3, 0.4) is 0 Å². The van der Waals surface area contributed by atoms with Gasteiger partial charge in [-0.25, -0.2) is 9.16 Å². The minimum atomic E-state index is -0.554. The molecule has 0 saturated carbocycles. The van der Waals surface area contributed by atoms with E-state index in [-0.39, 0.29) is 31.4 Å². The summed E-state index contributed by atoms with van der Waals surface area (Å²) in [5.74, 6) is -0.416. The summed E-state index contributed by atoms with van der Waals surface area (Å²) in [5.41, 5.74) is 5.08. The summed E-state index contributed by atoms with van der Waals surface area (Å²) in [5, 5.41) is 0. The number of nitrogens with two attached hydrogens (primary N) is 1. The van der Waals surface area contributed by atoms with Crippen molar-refractivity contribution in [3.8, 4) is 0 Å². The molecule has 0 radical (unpaired) electrons. The van der Waals surface area contributed by atoms with E-state index in [4.69, 9.17) is 5.73 Å². The van der Waals surface area contributed by atoms with Gasteiger partial charge in [0.05, 0.1) is 0 Å². The van der Waals surface area contributed by atoms with E-state index < -0.39 is 12.0 Å². The third-order valence-electron chi connectivity index (χ3n) is 0.861.